The standard InChI is InChI=1S/C17H22O2/c1-14(18-2)17(16-11-7-4-8-12-16)19-13-15-9-5-3-6-10-15/h4-5,7-12,14,17H,3,6,13H2,1-2H3. The first kappa shape index (κ1) is 14.0. The van der Waals surface area contributed by atoms with Crippen LogP contribution in [0.3, 0.4) is 0 Å². The van der Waals surface area contributed by atoms with Crippen molar-refractivity contribution in [1.29, 1.82) is 0 Å². The number of rotatable bonds is 6. The van der Waals surface area contributed by atoms with E-state index in [1.807, 2.05) is 25.1 Å². The molecule has 0 N–H and O–H groups in total. The highest BCUT2D eigenvalue weighted by Crippen LogP contribution is 2.24. The van der Waals surface area contributed by atoms with Gasteiger partial charge < -0.3 is 9.47 Å². The van der Waals surface area contributed by atoms with Crippen LogP contribution in [0, 0.1) is 0 Å². The molecule has 1 aromatic rings. The zero-order valence-corrected chi connectivity index (χ0v) is 11.7. The highest BCUT2D eigenvalue weighted by molar-refractivity contribution is 5.23. The van der Waals surface area contributed by atoms with Gasteiger partial charge >= 0.3 is 0 Å². The Kier molecular flexibility index (Phi) is 5.37. The van der Waals surface area contributed by atoms with Crippen LogP contribution < -0.4 is 0 Å². The smallest absolute Gasteiger partial charge is 0.109 e. The van der Waals surface area contributed by atoms with Gasteiger partial charge in [-0.25, -0.2) is 0 Å². The van der Waals surface area contributed by atoms with E-state index < -0.39 is 0 Å². The van der Waals surface area contributed by atoms with Crippen molar-refractivity contribution in [3.05, 3.63) is 59.7 Å². The number of allylic oxidation sites excluding steroid dienone is 2. The number of ether oxygens (including phenoxy) is 2. The van der Waals surface area contributed by atoms with E-state index in [1.165, 1.54) is 5.57 Å². The van der Waals surface area contributed by atoms with Crippen LogP contribution in [-0.2, 0) is 9.47 Å². The van der Waals surface area contributed by atoms with Crippen molar-refractivity contribution in [3.63, 3.8) is 0 Å². The van der Waals surface area contributed by atoms with E-state index in [4.69, 9.17) is 9.47 Å². The minimum atomic E-state index is -0.0255. The predicted octanol–water partition coefficient (Wildman–Crippen LogP) is 4.06. The topological polar surface area (TPSA) is 18.5 Å². The van der Waals surface area contributed by atoms with Crippen LogP contribution in [0.5, 0.6) is 0 Å². The lowest BCUT2D eigenvalue weighted by Gasteiger charge is -2.24. The van der Waals surface area contributed by atoms with E-state index in [0.717, 1.165) is 18.4 Å². The fourth-order valence-corrected chi connectivity index (χ4v) is 2.23. The maximum atomic E-state index is 6.08. The highest BCUT2D eigenvalue weighted by atomic mass is 16.5. The first-order valence-electron chi connectivity index (χ1n) is 6.86. The van der Waals surface area contributed by atoms with Crippen molar-refractivity contribution in [2.75, 3.05) is 13.7 Å². The summed E-state index contributed by atoms with van der Waals surface area (Å²) in [6.45, 7) is 2.69. The molecule has 19 heavy (non-hydrogen) atoms. The third kappa shape index (κ3) is 4.05. The molecule has 1 aliphatic carbocycles. The van der Waals surface area contributed by atoms with Crippen LogP contribution in [0.15, 0.2) is 54.1 Å². The maximum absolute atomic E-state index is 6.08. The molecule has 0 amide bonds. The Morgan fingerprint density at radius 3 is 2.58 bits per heavy atom. The molecule has 0 spiro atoms. The van der Waals surface area contributed by atoms with E-state index in [-0.39, 0.29) is 12.2 Å². The SMILES string of the molecule is COC(C)C(OCC1=CCCC=C1)c1ccccc1. The summed E-state index contributed by atoms with van der Waals surface area (Å²) in [7, 11) is 1.73. The third-order valence-electron chi connectivity index (χ3n) is 3.43. The molecule has 0 bridgehead atoms. The third-order valence-corrected chi connectivity index (χ3v) is 3.43. The summed E-state index contributed by atoms with van der Waals surface area (Å²) in [4.78, 5) is 0. The molecule has 102 valence electrons. The maximum Gasteiger partial charge on any atom is 0.109 e. The van der Waals surface area contributed by atoms with Crippen molar-refractivity contribution >= 4 is 0 Å². The normalized spacial score (nSPS) is 17.9. The Morgan fingerprint density at radius 2 is 1.95 bits per heavy atom. The van der Waals surface area contributed by atoms with Crippen LogP contribution in [0.4, 0.5) is 0 Å². The molecule has 0 radical (unpaired) electrons. The van der Waals surface area contributed by atoms with E-state index in [0.29, 0.717) is 6.61 Å². The monoisotopic (exact) mass is 258 g/mol. The zero-order chi connectivity index (χ0) is 13.5. The Balaban J connectivity index is 2.02. The van der Waals surface area contributed by atoms with Gasteiger partial charge in [0.05, 0.1) is 12.7 Å². The van der Waals surface area contributed by atoms with Crippen molar-refractivity contribution in [3.8, 4) is 0 Å². The number of methoxy groups -OCH3 is 1. The summed E-state index contributed by atoms with van der Waals surface area (Å²) in [5, 5.41) is 0. The van der Waals surface area contributed by atoms with Gasteiger partial charge in [0.2, 0.25) is 0 Å². The molecule has 2 heteroatoms. The lowest BCUT2D eigenvalue weighted by atomic mass is 10.0. The Bertz CT molecular complexity index is 434. The van der Waals surface area contributed by atoms with Crippen molar-refractivity contribution < 1.29 is 9.47 Å². The molecule has 2 atom stereocenters. The molecule has 0 fully saturated rings. The van der Waals surface area contributed by atoms with E-state index in [9.17, 15) is 0 Å². The van der Waals surface area contributed by atoms with Gasteiger partial charge in [-0.3, -0.25) is 0 Å². The Labute approximate surface area is 115 Å². The molecular formula is C17H22O2. The number of hydrogen-bond donors (Lipinski definition) is 0. The number of benzene rings is 1. The first-order valence-corrected chi connectivity index (χ1v) is 6.86. The van der Waals surface area contributed by atoms with Gasteiger partial charge in [-0.2, -0.15) is 0 Å². The summed E-state index contributed by atoms with van der Waals surface area (Å²) < 4.78 is 11.5. The van der Waals surface area contributed by atoms with Gasteiger partial charge in [0.25, 0.3) is 0 Å². The van der Waals surface area contributed by atoms with Gasteiger partial charge in [-0.05, 0) is 30.9 Å². The zero-order valence-electron chi connectivity index (χ0n) is 11.7. The lowest BCUT2D eigenvalue weighted by molar-refractivity contribution is -0.0421. The first-order chi connectivity index (χ1) is 9.31. The van der Waals surface area contributed by atoms with Gasteiger partial charge in [0.1, 0.15) is 6.10 Å². The molecule has 2 unspecified atom stereocenters. The lowest BCUT2D eigenvalue weighted by Crippen LogP contribution is -2.21. The average Bonchev–Trinajstić information content (AvgIpc) is 2.49. The molecule has 2 rings (SSSR count). The van der Waals surface area contributed by atoms with Crippen molar-refractivity contribution in [1.82, 2.24) is 0 Å². The fourth-order valence-electron chi connectivity index (χ4n) is 2.23. The second kappa shape index (κ2) is 7.27. The van der Waals surface area contributed by atoms with E-state index in [2.05, 4.69) is 30.4 Å². The van der Waals surface area contributed by atoms with Gasteiger partial charge in [-0.15, -0.1) is 0 Å². The quantitative estimate of drug-likeness (QED) is 0.766. The summed E-state index contributed by atoms with van der Waals surface area (Å²) in [5.74, 6) is 0. The van der Waals surface area contributed by atoms with Crippen LogP contribution in [-0.4, -0.2) is 19.8 Å². The summed E-state index contributed by atoms with van der Waals surface area (Å²) >= 11 is 0. The largest absolute Gasteiger partial charge is 0.379 e. The average molecular weight is 258 g/mol. The van der Waals surface area contributed by atoms with Crippen molar-refractivity contribution in [2.24, 2.45) is 0 Å². The Morgan fingerprint density at radius 1 is 1.16 bits per heavy atom. The molecule has 2 nitrogen and oxygen atoms in total. The van der Waals surface area contributed by atoms with E-state index in [1.54, 1.807) is 7.11 Å². The molecule has 0 aliphatic heterocycles. The van der Waals surface area contributed by atoms with Crippen LogP contribution in [0.2, 0.25) is 0 Å². The summed E-state index contributed by atoms with van der Waals surface area (Å²) in [5.41, 5.74) is 2.42. The number of hydrogen-bond acceptors (Lipinski definition) is 2. The van der Waals surface area contributed by atoms with Crippen LogP contribution in [0.25, 0.3) is 0 Å². The van der Waals surface area contributed by atoms with Gasteiger partial charge in [0.15, 0.2) is 0 Å². The van der Waals surface area contributed by atoms with Crippen molar-refractivity contribution in [2.45, 2.75) is 32.0 Å². The summed E-state index contributed by atoms with van der Waals surface area (Å²) in [6.07, 6.45) is 8.88. The van der Waals surface area contributed by atoms with E-state index >= 15 is 0 Å². The molecule has 0 saturated heterocycles. The predicted molar refractivity (Wildman–Crippen MR) is 78.1 cm³/mol. The van der Waals surface area contributed by atoms with Gasteiger partial charge in [0, 0.05) is 7.11 Å². The minimum Gasteiger partial charge on any atom is -0.379 e. The molecule has 1 aliphatic rings. The molecule has 0 saturated carbocycles. The molecule has 0 aromatic heterocycles. The molecular weight excluding hydrogens is 236 g/mol. The molecule has 1 aromatic carbocycles. The highest BCUT2D eigenvalue weighted by Gasteiger charge is 2.19. The summed E-state index contributed by atoms with van der Waals surface area (Å²) in [6, 6.07) is 10.3. The Hall–Kier alpha value is -1.38. The van der Waals surface area contributed by atoms with Crippen LogP contribution >= 0.6 is 0 Å². The van der Waals surface area contributed by atoms with Crippen LogP contribution in [0.1, 0.15) is 31.4 Å². The fraction of sp³-hybridized carbons (Fsp3) is 0.412. The van der Waals surface area contributed by atoms with Gasteiger partial charge in [-0.1, -0.05) is 48.6 Å². The molecule has 0 heterocycles. The second-order valence-electron chi connectivity index (χ2n) is 4.84. The second-order valence-corrected chi connectivity index (χ2v) is 4.84. The minimum absolute atomic E-state index is 0.0255.